The van der Waals surface area contributed by atoms with Crippen LogP contribution in [0.2, 0.25) is 0 Å². The molecule has 10 heteroatoms. The topological polar surface area (TPSA) is 110 Å². The van der Waals surface area contributed by atoms with Gasteiger partial charge in [0.15, 0.2) is 5.65 Å². The van der Waals surface area contributed by atoms with Gasteiger partial charge in [0.25, 0.3) is 0 Å². The molecule has 28 heavy (non-hydrogen) atoms. The summed E-state index contributed by atoms with van der Waals surface area (Å²) in [5.74, 6) is -0.593. The van der Waals surface area contributed by atoms with Gasteiger partial charge in [0, 0.05) is 4.88 Å². The first-order valence-corrected chi connectivity index (χ1v) is 10.6. The number of methoxy groups -OCH3 is 1. The van der Waals surface area contributed by atoms with Crippen LogP contribution in [0.5, 0.6) is 0 Å². The Balaban J connectivity index is 1.55. The van der Waals surface area contributed by atoms with E-state index in [4.69, 9.17) is 4.74 Å². The number of rotatable bonds is 5. The number of anilines is 1. The maximum atomic E-state index is 12.8. The van der Waals surface area contributed by atoms with Crippen LogP contribution in [-0.2, 0) is 22.4 Å². The molecule has 0 aliphatic heterocycles. The van der Waals surface area contributed by atoms with Crippen LogP contribution in [0.25, 0.3) is 11.2 Å². The van der Waals surface area contributed by atoms with Crippen molar-refractivity contribution in [3.05, 3.63) is 28.7 Å². The van der Waals surface area contributed by atoms with E-state index in [1.54, 1.807) is 13.3 Å². The van der Waals surface area contributed by atoms with E-state index in [9.17, 15) is 9.59 Å². The molecule has 3 aromatic heterocycles. The minimum atomic E-state index is -0.425. The number of imidazole rings is 1. The maximum Gasteiger partial charge on any atom is 0.341 e. The molecule has 0 fully saturated rings. The van der Waals surface area contributed by atoms with E-state index < -0.39 is 11.2 Å². The Labute approximate surface area is 169 Å². The zero-order valence-corrected chi connectivity index (χ0v) is 17.1. The van der Waals surface area contributed by atoms with E-state index in [2.05, 4.69) is 25.3 Å². The Morgan fingerprint density at radius 1 is 1.29 bits per heavy atom. The maximum absolute atomic E-state index is 12.8. The number of nitrogens with zero attached hydrogens (tertiary/aromatic N) is 3. The van der Waals surface area contributed by atoms with Crippen LogP contribution in [0.15, 0.2) is 17.7 Å². The van der Waals surface area contributed by atoms with E-state index in [0.717, 1.165) is 36.1 Å². The Morgan fingerprint density at radius 3 is 2.93 bits per heavy atom. The number of amides is 1. The lowest BCUT2D eigenvalue weighted by Gasteiger charge is -2.13. The van der Waals surface area contributed by atoms with Gasteiger partial charge in [0.05, 0.1) is 24.3 Å². The average molecular weight is 418 g/mol. The minimum absolute atomic E-state index is 0.194. The van der Waals surface area contributed by atoms with Crippen molar-refractivity contribution in [3.8, 4) is 0 Å². The Kier molecular flexibility index (Phi) is 5.31. The van der Waals surface area contributed by atoms with E-state index in [1.165, 1.54) is 36.5 Å². The van der Waals surface area contributed by atoms with Crippen LogP contribution in [0.4, 0.5) is 5.00 Å². The highest BCUT2D eigenvalue weighted by atomic mass is 32.2. The third-order valence-corrected chi connectivity index (χ3v) is 6.95. The zero-order chi connectivity index (χ0) is 19.7. The van der Waals surface area contributed by atoms with E-state index in [-0.39, 0.29) is 5.91 Å². The van der Waals surface area contributed by atoms with Crippen LogP contribution < -0.4 is 5.32 Å². The molecular weight excluding hydrogens is 398 g/mol. The second kappa shape index (κ2) is 7.88. The van der Waals surface area contributed by atoms with Crippen LogP contribution in [-0.4, -0.2) is 44.2 Å². The first-order valence-electron chi connectivity index (χ1n) is 8.93. The lowest BCUT2D eigenvalue weighted by Crippen LogP contribution is -2.23. The normalized spacial score (nSPS) is 14.5. The molecule has 1 aliphatic rings. The summed E-state index contributed by atoms with van der Waals surface area (Å²) < 4.78 is 4.96. The number of hydrogen-bond acceptors (Lipinski definition) is 8. The monoisotopic (exact) mass is 417 g/mol. The van der Waals surface area contributed by atoms with Crippen molar-refractivity contribution in [2.75, 3.05) is 12.4 Å². The number of thioether (sulfide) groups is 1. The number of thiophene rings is 1. The first-order chi connectivity index (χ1) is 13.6. The molecule has 0 aromatic carbocycles. The summed E-state index contributed by atoms with van der Waals surface area (Å²) in [5, 5.41) is 3.74. The Bertz CT molecular complexity index is 1050. The molecule has 1 aliphatic carbocycles. The third kappa shape index (κ3) is 3.49. The van der Waals surface area contributed by atoms with Crippen molar-refractivity contribution in [1.82, 2.24) is 19.9 Å². The van der Waals surface area contributed by atoms with Crippen molar-refractivity contribution in [2.45, 2.75) is 42.9 Å². The van der Waals surface area contributed by atoms with Crippen molar-refractivity contribution in [3.63, 3.8) is 0 Å². The molecule has 0 saturated carbocycles. The number of hydrogen-bond donors (Lipinski definition) is 2. The molecule has 0 spiro atoms. The van der Waals surface area contributed by atoms with Crippen molar-refractivity contribution in [1.29, 1.82) is 0 Å². The number of esters is 1. The van der Waals surface area contributed by atoms with Crippen LogP contribution in [0, 0.1) is 0 Å². The van der Waals surface area contributed by atoms with Crippen molar-refractivity contribution in [2.24, 2.45) is 0 Å². The fourth-order valence-corrected chi connectivity index (χ4v) is 5.40. The molecule has 146 valence electrons. The number of fused-ring (bicyclic) bond motifs is 2. The molecule has 0 radical (unpaired) electrons. The lowest BCUT2D eigenvalue weighted by atomic mass is 9.95. The van der Waals surface area contributed by atoms with Gasteiger partial charge in [0.2, 0.25) is 5.91 Å². The summed E-state index contributed by atoms with van der Waals surface area (Å²) in [4.78, 5) is 41.7. The summed E-state index contributed by atoms with van der Waals surface area (Å²) in [5.41, 5.74) is 2.79. The number of aromatic nitrogens is 4. The molecule has 0 saturated heterocycles. The number of aromatic amines is 1. The molecule has 4 rings (SSSR count). The minimum Gasteiger partial charge on any atom is -0.465 e. The van der Waals surface area contributed by atoms with E-state index >= 15 is 0 Å². The molecule has 3 heterocycles. The van der Waals surface area contributed by atoms with Gasteiger partial charge in [-0.2, -0.15) is 0 Å². The van der Waals surface area contributed by atoms with Crippen LogP contribution in [0.1, 0.15) is 40.6 Å². The predicted octanol–water partition coefficient (Wildman–Crippen LogP) is 3.20. The highest BCUT2D eigenvalue weighted by molar-refractivity contribution is 8.00. The summed E-state index contributed by atoms with van der Waals surface area (Å²) in [6.07, 6.45) is 6.90. The van der Waals surface area contributed by atoms with Gasteiger partial charge in [-0.3, -0.25) is 4.79 Å². The number of carbonyl (C=O) groups excluding carboxylic acids is 2. The van der Waals surface area contributed by atoms with E-state index in [0.29, 0.717) is 26.8 Å². The molecule has 1 atom stereocenters. The number of nitrogens with one attached hydrogen (secondary N) is 2. The van der Waals surface area contributed by atoms with Crippen molar-refractivity contribution >= 4 is 51.1 Å². The van der Waals surface area contributed by atoms with Crippen LogP contribution in [0.3, 0.4) is 0 Å². The summed E-state index contributed by atoms with van der Waals surface area (Å²) in [7, 11) is 1.37. The van der Waals surface area contributed by atoms with Gasteiger partial charge in [-0.05, 0) is 38.2 Å². The molecule has 2 N–H and O–H groups in total. The number of H-pyrrole nitrogens is 1. The molecule has 8 nitrogen and oxygen atoms in total. The number of aryl methyl sites for hydroxylation is 1. The third-order valence-electron chi connectivity index (χ3n) is 4.64. The second-order valence-corrected chi connectivity index (χ2v) is 8.87. The van der Waals surface area contributed by atoms with E-state index in [1.807, 2.05) is 0 Å². The highest BCUT2D eigenvalue weighted by Gasteiger charge is 2.28. The Hall–Kier alpha value is -2.46. The van der Waals surface area contributed by atoms with Crippen molar-refractivity contribution < 1.29 is 14.3 Å². The molecule has 3 aromatic rings. The molecule has 1 unspecified atom stereocenters. The largest absolute Gasteiger partial charge is 0.465 e. The molecule has 0 bridgehead atoms. The predicted molar refractivity (Wildman–Crippen MR) is 108 cm³/mol. The molecule has 1 amide bonds. The van der Waals surface area contributed by atoms with Gasteiger partial charge >= 0.3 is 5.97 Å². The zero-order valence-electron chi connectivity index (χ0n) is 15.4. The second-order valence-electron chi connectivity index (χ2n) is 6.44. The SMILES string of the molecule is COC(=O)c1c(NC(=O)C(C)Sc2ncnc3nc[nH]c23)sc2c1CCCC2. The Morgan fingerprint density at radius 2 is 2.11 bits per heavy atom. The summed E-state index contributed by atoms with van der Waals surface area (Å²) in [6.45, 7) is 1.80. The summed E-state index contributed by atoms with van der Waals surface area (Å²) in [6, 6.07) is 0. The highest BCUT2D eigenvalue weighted by Crippen LogP contribution is 2.39. The average Bonchev–Trinajstić information content (AvgIpc) is 3.32. The number of carbonyl (C=O) groups is 2. The fourth-order valence-electron chi connectivity index (χ4n) is 3.24. The van der Waals surface area contributed by atoms with Gasteiger partial charge in [-0.15, -0.1) is 11.3 Å². The smallest absolute Gasteiger partial charge is 0.341 e. The standard InChI is InChI=1S/C18H19N5O3S2/c1-9(27-17-13-14(20-7-19-13)21-8-22-17)15(24)23-16-12(18(25)26-2)10-5-3-4-6-11(10)28-16/h7-9H,3-6H2,1-2H3,(H,23,24)(H,19,20,21,22). The molecular formula is C18H19N5O3S2. The quantitative estimate of drug-likeness (QED) is 0.373. The number of ether oxygens (including phenoxy) is 1. The van der Waals surface area contributed by atoms with Gasteiger partial charge < -0.3 is 15.0 Å². The first kappa shape index (κ1) is 18.9. The fraction of sp³-hybridized carbons (Fsp3) is 0.389. The van der Waals surface area contributed by atoms with Gasteiger partial charge in [0.1, 0.15) is 21.9 Å². The summed E-state index contributed by atoms with van der Waals surface area (Å²) >= 11 is 2.79. The van der Waals surface area contributed by atoms with Gasteiger partial charge in [-0.25, -0.2) is 19.7 Å². The lowest BCUT2D eigenvalue weighted by molar-refractivity contribution is -0.115. The van der Waals surface area contributed by atoms with Gasteiger partial charge in [-0.1, -0.05) is 11.8 Å². The van der Waals surface area contributed by atoms with Crippen LogP contribution >= 0.6 is 23.1 Å².